The van der Waals surface area contributed by atoms with Gasteiger partial charge in [-0.3, -0.25) is 9.69 Å². The van der Waals surface area contributed by atoms with Crippen LogP contribution >= 0.6 is 22.9 Å². The highest BCUT2D eigenvalue weighted by atomic mass is 32.1. The van der Waals surface area contributed by atoms with Crippen molar-refractivity contribution in [3.63, 3.8) is 0 Å². The SMILES string of the molecule is O=C(NC1CCC1)c1cc2c(s1)CCOC21CCN(Cc2cnsc2)CC1. The largest absolute Gasteiger partial charge is 0.370 e. The van der Waals surface area contributed by atoms with Crippen LogP contribution in [0.2, 0.25) is 0 Å². The van der Waals surface area contributed by atoms with Gasteiger partial charge in [-0.1, -0.05) is 0 Å². The Morgan fingerprint density at radius 3 is 2.93 bits per heavy atom. The van der Waals surface area contributed by atoms with E-state index in [1.54, 1.807) is 11.3 Å². The van der Waals surface area contributed by atoms with Crippen molar-refractivity contribution in [2.24, 2.45) is 0 Å². The summed E-state index contributed by atoms with van der Waals surface area (Å²) in [5, 5.41) is 5.31. The third-order valence-corrected chi connectivity index (χ3v) is 8.05. The average molecular weight is 404 g/mol. The zero-order valence-electron chi connectivity index (χ0n) is 15.4. The normalized spacial score (nSPS) is 22.4. The Morgan fingerprint density at radius 1 is 1.37 bits per heavy atom. The number of likely N-dealkylation sites (tertiary alicyclic amines) is 1. The molecule has 7 heteroatoms. The second-order valence-corrected chi connectivity index (χ2v) is 9.74. The number of nitrogens with zero attached hydrogens (tertiary/aromatic N) is 2. The molecule has 1 N–H and O–H groups in total. The second-order valence-electron chi connectivity index (χ2n) is 7.95. The molecule has 2 aliphatic heterocycles. The van der Waals surface area contributed by atoms with Crippen molar-refractivity contribution in [1.29, 1.82) is 0 Å². The molecule has 0 bridgehead atoms. The topological polar surface area (TPSA) is 54.5 Å². The maximum atomic E-state index is 12.6. The maximum Gasteiger partial charge on any atom is 0.261 e. The molecule has 0 radical (unpaired) electrons. The molecule has 4 heterocycles. The van der Waals surface area contributed by atoms with Crippen LogP contribution in [0.1, 0.15) is 57.8 Å². The van der Waals surface area contributed by atoms with Crippen molar-refractivity contribution < 1.29 is 9.53 Å². The quantitative estimate of drug-likeness (QED) is 0.848. The van der Waals surface area contributed by atoms with Gasteiger partial charge in [-0.05, 0) is 60.8 Å². The molecule has 27 heavy (non-hydrogen) atoms. The van der Waals surface area contributed by atoms with Gasteiger partial charge < -0.3 is 10.1 Å². The van der Waals surface area contributed by atoms with E-state index in [0.29, 0.717) is 6.04 Å². The molecule has 2 aromatic heterocycles. The number of nitrogens with one attached hydrogen (secondary N) is 1. The summed E-state index contributed by atoms with van der Waals surface area (Å²) in [6, 6.07) is 2.52. The Labute approximate surface area is 167 Å². The monoisotopic (exact) mass is 403 g/mol. The number of aromatic nitrogens is 1. The lowest BCUT2D eigenvalue weighted by atomic mass is 9.82. The highest BCUT2D eigenvalue weighted by molar-refractivity contribution is 7.14. The van der Waals surface area contributed by atoms with Crippen LogP contribution in [-0.2, 0) is 23.3 Å². The molecule has 5 nitrogen and oxygen atoms in total. The third-order valence-electron chi connectivity index (χ3n) is 6.22. The van der Waals surface area contributed by atoms with E-state index < -0.39 is 0 Å². The molecule has 5 rings (SSSR count). The van der Waals surface area contributed by atoms with Crippen molar-refractivity contribution in [2.45, 2.75) is 56.7 Å². The lowest BCUT2D eigenvalue weighted by Gasteiger charge is -2.44. The molecule has 0 atom stereocenters. The highest BCUT2D eigenvalue weighted by Crippen LogP contribution is 2.44. The van der Waals surface area contributed by atoms with Crippen LogP contribution in [-0.4, -0.2) is 40.9 Å². The van der Waals surface area contributed by atoms with Crippen LogP contribution in [0.4, 0.5) is 0 Å². The van der Waals surface area contributed by atoms with Gasteiger partial charge >= 0.3 is 0 Å². The summed E-state index contributed by atoms with van der Waals surface area (Å²) in [5.74, 6) is 0.108. The molecule has 1 amide bonds. The summed E-state index contributed by atoms with van der Waals surface area (Å²) in [7, 11) is 0. The molecule has 2 aromatic rings. The number of ether oxygens (including phenoxy) is 1. The molecular formula is C20H25N3O2S2. The summed E-state index contributed by atoms with van der Waals surface area (Å²) < 4.78 is 10.6. The lowest BCUT2D eigenvalue weighted by Crippen LogP contribution is -2.45. The minimum atomic E-state index is -0.192. The fourth-order valence-corrected chi connectivity index (χ4v) is 6.05. The summed E-state index contributed by atoms with van der Waals surface area (Å²) in [4.78, 5) is 17.3. The molecule has 2 fully saturated rings. The van der Waals surface area contributed by atoms with Gasteiger partial charge in [0.2, 0.25) is 0 Å². The minimum Gasteiger partial charge on any atom is -0.370 e. The zero-order valence-corrected chi connectivity index (χ0v) is 17.0. The Hall–Kier alpha value is -1.28. The first-order chi connectivity index (χ1) is 13.2. The number of carbonyl (C=O) groups excluding carboxylic acids is 1. The van der Waals surface area contributed by atoms with Crippen LogP contribution in [0, 0.1) is 0 Å². The summed E-state index contributed by atoms with van der Waals surface area (Å²) in [6.07, 6.45) is 8.38. The molecule has 1 spiro atoms. The minimum absolute atomic E-state index is 0.108. The first kappa shape index (κ1) is 17.8. The van der Waals surface area contributed by atoms with Gasteiger partial charge in [0.05, 0.1) is 17.1 Å². The molecule has 0 unspecified atom stereocenters. The van der Waals surface area contributed by atoms with Crippen LogP contribution in [0.15, 0.2) is 17.6 Å². The van der Waals surface area contributed by atoms with Crippen molar-refractivity contribution in [2.75, 3.05) is 19.7 Å². The first-order valence-electron chi connectivity index (χ1n) is 9.90. The van der Waals surface area contributed by atoms with E-state index in [1.807, 2.05) is 6.20 Å². The number of amides is 1. The smallest absolute Gasteiger partial charge is 0.261 e. The summed E-state index contributed by atoms with van der Waals surface area (Å²) in [5.41, 5.74) is 2.39. The van der Waals surface area contributed by atoms with E-state index in [1.165, 1.54) is 34.0 Å². The maximum absolute atomic E-state index is 12.6. The van der Waals surface area contributed by atoms with Crippen LogP contribution in [0.5, 0.6) is 0 Å². The Morgan fingerprint density at radius 2 is 2.22 bits per heavy atom. The number of piperidine rings is 1. The Balaban J connectivity index is 1.30. The van der Waals surface area contributed by atoms with E-state index >= 15 is 0 Å². The number of fused-ring (bicyclic) bond motifs is 2. The molecule has 1 saturated carbocycles. The Bertz CT molecular complexity index is 805. The standard InChI is InChI=1S/C20H25N3O2S2/c24-19(22-15-2-1-3-15)18-10-16-17(27-18)4-9-25-20(16)5-7-23(8-6-20)12-14-11-21-26-13-14/h10-11,13,15H,1-9,12H2,(H,22,24). The molecule has 1 aliphatic carbocycles. The van der Waals surface area contributed by atoms with Crippen LogP contribution in [0.25, 0.3) is 0 Å². The van der Waals surface area contributed by atoms with E-state index in [9.17, 15) is 4.79 Å². The Kier molecular flexibility index (Phi) is 4.80. The first-order valence-corrected chi connectivity index (χ1v) is 11.6. The van der Waals surface area contributed by atoms with Crippen LogP contribution in [0.3, 0.4) is 0 Å². The zero-order chi connectivity index (χ0) is 18.3. The molecule has 1 saturated heterocycles. The predicted octanol–water partition coefficient (Wildman–Crippen LogP) is 3.55. The highest BCUT2D eigenvalue weighted by Gasteiger charge is 2.42. The number of thiophene rings is 1. The summed E-state index contributed by atoms with van der Waals surface area (Å²) >= 11 is 3.20. The lowest BCUT2D eigenvalue weighted by molar-refractivity contribution is -0.0980. The van der Waals surface area contributed by atoms with Gasteiger partial charge in [0.15, 0.2) is 0 Å². The molecular weight excluding hydrogens is 378 g/mol. The predicted molar refractivity (Wildman–Crippen MR) is 107 cm³/mol. The van der Waals surface area contributed by atoms with E-state index in [0.717, 1.165) is 63.2 Å². The van der Waals surface area contributed by atoms with Gasteiger partial charge in [0, 0.05) is 48.6 Å². The molecule has 144 valence electrons. The number of rotatable bonds is 4. The van der Waals surface area contributed by atoms with Gasteiger partial charge in [-0.25, -0.2) is 4.37 Å². The van der Waals surface area contributed by atoms with E-state index in [2.05, 4.69) is 26.0 Å². The van der Waals surface area contributed by atoms with Gasteiger partial charge in [0.25, 0.3) is 5.91 Å². The summed E-state index contributed by atoms with van der Waals surface area (Å²) in [6.45, 7) is 3.78. The van der Waals surface area contributed by atoms with Crippen molar-refractivity contribution in [1.82, 2.24) is 14.6 Å². The van der Waals surface area contributed by atoms with Crippen LogP contribution < -0.4 is 5.32 Å². The second kappa shape index (κ2) is 7.28. The average Bonchev–Trinajstić information content (AvgIpc) is 3.30. The van der Waals surface area contributed by atoms with E-state index in [-0.39, 0.29) is 11.5 Å². The van der Waals surface area contributed by atoms with E-state index in [4.69, 9.17) is 4.74 Å². The number of hydrogen-bond acceptors (Lipinski definition) is 6. The number of carbonyl (C=O) groups is 1. The van der Waals surface area contributed by atoms with Gasteiger partial charge in [-0.15, -0.1) is 11.3 Å². The third kappa shape index (κ3) is 3.46. The van der Waals surface area contributed by atoms with Crippen molar-refractivity contribution >= 4 is 28.8 Å². The van der Waals surface area contributed by atoms with Crippen molar-refractivity contribution in [3.8, 4) is 0 Å². The van der Waals surface area contributed by atoms with Gasteiger partial charge in [-0.2, -0.15) is 0 Å². The van der Waals surface area contributed by atoms with Crippen molar-refractivity contribution in [3.05, 3.63) is 38.5 Å². The fraction of sp³-hybridized carbons (Fsp3) is 0.600. The number of hydrogen-bond donors (Lipinski definition) is 1. The molecule has 0 aromatic carbocycles. The molecule has 3 aliphatic rings. The van der Waals surface area contributed by atoms with Gasteiger partial charge in [0.1, 0.15) is 0 Å². The fourth-order valence-electron chi connectivity index (χ4n) is 4.39.